The molecule has 0 radical (unpaired) electrons. The normalized spacial score (nSPS) is 12.7. The summed E-state index contributed by atoms with van der Waals surface area (Å²) < 4.78 is 8.39. The first kappa shape index (κ1) is 31.4. The Hall–Kier alpha value is -4.62. The van der Waals surface area contributed by atoms with Crippen LogP contribution in [0.15, 0.2) is 74.1 Å². The molecule has 3 heterocycles. The molecule has 0 fully saturated rings. The number of rotatable bonds is 10. The van der Waals surface area contributed by atoms with E-state index in [-0.39, 0.29) is 35.9 Å². The molecule has 3 N–H and O–H groups in total. The summed E-state index contributed by atoms with van der Waals surface area (Å²) in [5.74, 6) is 0.0195. The number of nitrogens with two attached hydrogens (primary N) is 1. The summed E-state index contributed by atoms with van der Waals surface area (Å²) in [6.07, 6.45) is 3.87. The van der Waals surface area contributed by atoms with Crippen molar-refractivity contribution in [1.29, 1.82) is 0 Å². The van der Waals surface area contributed by atoms with Crippen molar-refractivity contribution in [3.8, 4) is 11.4 Å². The molecule has 3 aromatic heterocycles. The molecule has 0 saturated heterocycles. The highest BCUT2D eigenvalue weighted by molar-refractivity contribution is 7.99. The highest BCUT2D eigenvalue weighted by Crippen LogP contribution is 2.35. The van der Waals surface area contributed by atoms with Gasteiger partial charge in [-0.1, -0.05) is 42.1 Å². The molecule has 238 valence electrons. The summed E-state index contributed by atoms with van der Waals surface area (Å²) in [6, 6.07) is 16.4. The topological polar surface area (TPSA) is 145 Å². The van der Waals surface area contributed by atoms with Gasteiger partial charge >= 0.3 is 5.69 Å². The standard InChI is InChI=1S/C33H34N6O5S2/c1-3-37(27-28(34)38(32(43)35-29(27)41)18-20-10-6-5-7-11-20)25(40)19-45-33-36-30-26(23-12-8-9-13-24(23)46-30)31(42)39(33)21-14-16-22(17-15-21)44-4-2/h5-7,10-11,14-17H,3-4,8-9,12-13,18-19,34H2,1-2H3,(H,35,41,43). The molecular weight excluding hydrogens is 625 g/mol. The van der Waals surface area contributed by atoms with Crippen molar-refractivity contribution >= 4 is 50.7 Å². The number of carbonyl (C=O) groups is 1. The lowest BCUT2D eigenvalue weighted by atomic mass is 9.97. The van der Waals surface area contributed by atoms with E-state index >= 15 is 0 Å². The lowest BCUT2D eigenvalue weighted by Crippen LogP contribution is -2.42. The number of thioether (sulfide) groups is 1. The third kappa shape index (κ3) is 5.99. The molecule has 0 bridgehead atoms. The number of hydrogen-bond acceptors (Lipinski definition) is 9. The van der Waals surface area contributed by atoms with E-state index < -0.39 is 17.2 Å². The number of H-pyrrole nitrogens is 1. The Morgan fingerprint density at radius 3 is 2.52 bits per heavy atom. The minimum absolute atomic E-state index is 0.0955. The average molecular weight is 659 g/mol. The number of amides is 1. The number of benzene rings is 2. The summed E-state index contributed by atoms with van der Waals surface area (Å²) in [5, 5.41) is 1.00. The Labute approximate surface area is 272 Å². The monoisotopic (exact) mass is 658 g/mol. The van der Waals surface area contributed by atoms with Crippen molar-refractivity contribution < 1.29 is 9.53 Å². The van der Waals surface area contributed by atoms with Gasteiger partial charge in [0.05, 0.1) is 30.0 Å². The number of aryl methyl sites for hydroxylation is 2. The average Bonchev–Trinajstić information content (AvgIpc) is 3.44. The van der Waals surface area contributed by atoms with Gasteiger partial charge in [0.1, 0.15) is 16.4 Å². The van der Waals surface area contributed by atoms with Crippen LogP contribution in [0.4, 0.5) is 11.5 Å². The van der Waals surface area contributed by atoms with Gasteiger partial charge in [0.15, 0.2) is 10.8 Å². The fourth-order valence-corrected chi connectivity index (χ4v) is 7.98. The molecular formula is C33H34N6O5S2. The third-order valence-corrected chi connectivity index (χ3v) is 10.1. The van der Waals surface area contributed by atoms with Crippen LogP contribution in [0, 0.1) is 0 Å². The van der Waals surface area contributed by atoms with Crippen molar-refractivity contribution in [3.05, 3.63) is 102 Å². The molecule has 6 rings (SSSR count). The maximum absolute atomic E-state index is 14.2. The van der Waals surface area contributed by atoms with Gasteiger partial charge < -0.3 is 15.4 Å². The number of fused-ring (bicyclic) bond motifs is 3. The molecule has 0 atom stereocenters. The predicted molar refractivity (Wildman–Crippen MR) is 183 cm³/mol. The Kier molecular flexibility index (Phi) is 9.13. The Morgan fingerprint density at radius 1 is 1.07 bits per heavy atom. The van der Waals surface area contributed by atoms with Gasteiger partial charge in [-0.15, -0.1) is 11.3 Å². The maximum atomic E-state index is 14.2. The van der Waals surface area contributed by atoms with Crippen LogP contribution in [-0.4, -0.2) is 43.9 Å². The predicted octanol–water partition coefficient (Wildman–Crippen LogP) is 4.35. The van der Waals surface area contributed by atoms with Gasteiger partial charge in [0, 0.05) is 11.4 Å². The Morgan fingerprint density at radius 2 is 1.80 bits per heavy atom. The summed E-state index contributed by atoms with van der Waals surface area (Å²) in [4.78, 5) is 64.0. The third-order valence-electron chi connectivity index (χ3n) is 7.97. The van der Waals surface area contributed by atoms with Crippen LogP contribution in [0.1, 0.15) is 42.7 Å². The van der Waals surface area contributed by atoms with Gasteiger partial charge in [-0.05, 0) is 74.9 Å². The molecule has 46 heavy (non-hydrogen) atoms. The zero-order valence-corrected chi connectivity index (χ0v) is 27.2. The van der Waals surface area contributed by atoms with E-state index in [1.807, 2.05) is 37.3 Å². The number of anilines is 2. The number of aromatic nitrogens is 4. The van der Waals surface area contributed by atoms with Crippen LogP contribution >= 0.6 is 23.1 Å². The number of aromatic amines is 1. The molecule has 1 aliphatic rings. The SMILES string of the molecule is CCOc1ccc(-n2c(SCC(=O)N(CC)c3c(N)n(Cc4ccccc4)c(=O)[nH]c3=O)nc3sc4c(c3c2=O)CCCC4)cc1. The van der Waals surface area contributed by atoms with E-state index in [9.17, 15) is 19.2 Å². The Balaban J connectivity index is 1.36. The number of ether oxygens (including phenoxy) is 1. The quantitative estimate of drug-likeness (QED) is 0.167. The molecule has 0 aliphatic heterocycles. The van der Waals surface area contributed by atoms with E-state index in [1.54, 1.807) is 47.1 Å². The molecule has 1 amide bonds. The van der Waals surface area contributed by atoms with Crippen LogP contribution in [0.3, 0.4) is 0 Å². The fraction of sp³-hybridized carbons (Fsp3) is 0.303. The maximum Gasteiger partial charge on any atom is 0.330 e. The fourth-order valence-electron chi connectivity index (χ4n) is 5.79. The zero-order chi connectivity index (χ0) is 32.4. The van der Waals surface area contributed by atoms with E-state index in [4.69, 9.17) is 15.5 Å². The molecule has 13 heteroatoms. The second-order valence-electron chi connectivity index (χ2n) is 10.8. The summed E-state index contributed by atoms with van der Waals surface area (Å²) in [5.41, 5.74) is 7.20. The Bertz CT molecular complexity index is 2080. The van der Waals surface area contributed by atoms with E-state index in [1.165, 1.54) is 14.3 Å². The number of nitrogens with one attached hydrogen (secondary N) is 1. The van der Waals surface area contributed by atoms with Crippen LogP contribution in [0.25, 0.3) is 15.9 Å². The van der Waals surface area contributed by atoms with E-state index in [0.29, 0.717) is 33.4 Å². The van der Waals surface area contributed by atoms with Crippen molar-refractivity contribution in [2.75, 3.05) is 29.5 Å². The summed E-state index contributed by atoms with van der Waals surface area (Å²) in [7, 11) is 0. The summed E-state index contributed by atoms with van der Waals surface area (Å²) >= 11 is 2.66. The van der Waals surface area contributed by atoms with Crippen molar-refractivity contribution in [2.45, 2.75) is 51.2 Å². The summed E-state index contributed by atoms with van der Waals surface area (Å²) in [6.45, 7) is 4.40. The number of nitrogen functional groups attached to an aromatic ring is 1. The molecule has 5 aromatic rings. The molecule has 2 aromatic carbocycles. The van der Waals surface area contributed by atoms with Gasteiger partial charge in [-0.3, -0.25) is 28.5 Å². The van der Waals surface area contributed by atoms with Gasteiger partial charge in [-0.25, -0.2) is 9.78 Å². The lowest BCUT2D eigenvalue weighted by molar-refractivity contribution is -0.116. The minimum atomic E-state index is -0.748. The van der Waals surface area contributed by atoms with E-state index in [0.717, 1.165) is 48.6 Å². The first-order chi connectivity index (χ1) is 22.3. The van der Waals surface area contributed by atoms with Crippen LogP contribution in [-0.2, 0) is 24.2 Å². The molecule has 1 aliphatic carbocycles. The van der Waals surface area contributed by atoms with Crippen molar-refractivity contribution in [3.63, 3.8) is 0 Å². The van der Waals surface area contributed by atoms with Crippen LogP contribution in [0.2, 0.25) is 0 Å². The first-order valence-electron chi connectivity index (χ1n) is 15.2. The second kappa shape index (κ2) is 13.4. The number of thiophene rings is 1. The van der Waals surface area contributed by atoms with Gasteiger partial charge in [0.25, 0.3) is 11.1 Å². The lowest BCUT2D eigenvalue weighted by Gasteiger charge is -2.23. The minimum Gasteiger partial charge on any atom is -0.494 e. The number of nitrogens with zero attached hydrogens (tertiary/aromatic N) is 4. The number of hydrogen-bond donors (Lipinski definition) is 2. The second-order valence-corrected chi connectivity index (χ2v) is 12.9. The molecule has 0 saturated carbocycles. The smallest absolute Gasteiger partial charge is 0.330 e. The van der Waals surface area contributed by atoms with Crippen molar-refractivity contribution in [1.82, 2.24) is 19.1 Å². The zero-order valence-electron chi connectivity index (χ0n) is 25.6. The van der Waals surface area contributed by atoms with E-state index in [2.05, 4.69) is 4.98 Å². The van der Waals surface area contributed by atoms with Gasteiger partial charge in [-0.2, -0.15) is 0 Å². The molecule has 0 unspecified atom stereocenters. The van der Waals surface area contributed by atoms with Crippen LogP contribution < -0.4 is 32.2 Å². The van der Waals surface area contributed by atoms with Crippen molar-refractivity contribution in [2.24, 2.45) is 0 Å². The van der Waals surface area contributed by atoms with Gasteiger partial charge in [0.2, 0.25) is 5.91 Å². The highest BCUT2D eigenvalue weighted by atomic mass is 32.2. The molecule has 0 spiro atoms. The largest absolute Gasteiger partial charge is 0.494 e. The number of carbonyl (C=O) groups excluding carboxylic acids is 1. The molecule has 11 nitrogen and oxygen atoms in total. The highest BCUT2D eigenvalue weighted by Gasteiger charge is 2.26. The first-order valence-corrected chi connectivity index (χ1v) is 17.0. The van der Waals surface area contributed by atoms with Crippen LogP contribution in [0.5, 0.6) is 5.75 Å².